The van der Waals surface area contributed by atoms with Crippen LogP contribution in [-0.2, 0) is 13.6 Å². The van der Waals surface area contributed by atoms with Crippen molar-refractivity contribution in [3.8, 4) is 11.4 Å². The molecule has 0 aliphatic heterocycles. The van der Waals surface area contributed by atoms with Gasteiger partial charge in [-0.2, -0.15) is 0 Å². The molecule has 0 saturated heterocycles. The molecular formula is C15H13BrClN3. The van der Waals surface area contributed by atoms with Gasteiger partial charge in [-0.25, -0.2) is 4.98 Å². The van der Waals surface area contributed by atoms with E-state index in [1.54, 1.807) is 0 Å². The number of aryl methyl sites for hydroxylation is 1. The average Bonchev–Trinajstić information content (AvgIpc) is 2.78. The Balaban J connectivity index is 2.26. The number of fused-ring (bicyclic) bond motifs is 1. The van der Waals surface area contributed by atoms with Gasteiger partial charge in [-0.1, -0.05) is 23.7 Å². The van der Waals surface area contributed by atoms with Crippen LogP contribution in [0, 0.1) is 0 Å². The second-order valence-electron chi connectivity index (χ2n) is 4.62. The van der Waals surface area contributed by atoms with E-state index in [0.717, 1.165) is 32.5 Å². The van der Waals surface area contributed by atoms with E-state index in [-0.39, 0.29) is 0 Å². The lowest BCUT2D eigenvalue weighted by Gasteiger charge is -2.06. The molecule has 0 aliphatic carbocycles. The molecule has 3 aromatic rings. The third kappa shape index (κ3) is 2.14. The Morgan fingerprint density at radius 1 is 1.30 bits per heavy atom. The molecule has 1 heterocycles. The Bertz CT molecular complexity index is 795. The summed E-state index contributed by atoms with van der Waals surface area (Å²) in [7, 11) is 1.99. The first kappa shape index (κ1) is 13.6. The fourth-order valence-corrected chi connectivity index (χ4v) is 2.87. The van der Waals surface area contributed by atoms with E-state index >= 15 is 0 Å². The molecule has 0 aliphatic rings. The van der Waals surface area contributed by atoms with Crippen molar-refractivity contribution in [1.29, 1.82) is 0 Å². The molecule has 0 spiro atoms. The number of nitrogens with two attached hydrogens (primary N) is 1. The second-order valence-corrected chi connectivity index (χ2v) is 5.86. The van der Waals surface area contributed by atoms with E-state index in [9.17, 15) is 0 Å². The largest absolute Gasteiger partial charge is 0.327 e. The molecule has 0 bridgehead atoms. The number of nitrogens with zero attached hydrogens (tertiary/aromatic N) is 2. The molecule has 3 nitrogen and oxygen atoms in total. The fraction of sp³-hybridized carbons (Fsp3) is 0.133. The first-order valence-corrected chi connectivity index (χ1v) is 7.38. The highest BCUT2D eigenvalue weighted by Gasteiger charge is 2.14. The molecule has 3 rings (SSSR count). The van der Waals surface area contributed by atoms with Crippen molar-refractivity contribution in [2.24, 2.45) is 12.8 Å². The van der Waals surface area contributed by atoms with Gasteiger partial charge in [-0.15, -0.1) is 0 Å². The van der Waals surface area contributed by atoms with E-state index in [1.807, 2.05) is 48.0 Å². The minimum atomic E-state index is 0.513. The number of rotatable bonds is 2. The molecule has 0 saturated carbocycles. The number of imidazole rings is 1. The highest BCUT2D eigenvalue weighted by Crippen LogP contribution is 2.34. The molecule has 5 heteroatoms. The van der Waals surface area contributed by atoms with Crippen molar-refractivity contribution in [2.75, 3.05) is 0 Å². The molecular weight excluding hydrogens is 338 g/mol. The third-order valence-corrected chi connectivity index (χ3v) is 4.67. The van der Waals surface area contributed by atoms with Crippen LogP contribution in [0.2, 0.25) is 5.02 Å². The number of aromatic nitrogens is 2. The fourth-order valence-electron chi connectivity index (χ4n) is 2.29. The van der Waals surface area contributed by atoms with E-state index in [2.05, 4.69) is 15.9 Å². The van der Waals surface area contributed by atoms with Crippen LogP contribution in [0.1, 0.15) is 5.56 Å². The van der Waals surface area contributed by atoms with Crippen LogP contribution in [0.5, 0.6) is 0 Å². The maximum atomic E-state index is 6.37. The molecule has 0 atom stereocenters. The van der Waals surface area contributed by atoms with Crippen LogP contribution >= 0.6 is 27.5 Å². The number of halogens is 2. The van der Waals surface area contributed by atoms with Gasteiger partial charge in [-0.05, 0) is 45.8 Å². The summed E-state index contributed by atoms with van der Waals surface area (Å²) in [6.45, 7) is 0.513. The summed E-state index contributed by atoms with van der Waals surface area (Å²) in [5.41, 5.74) is 9.66. The van der Waals surface area contributed by atoms with Crippen molar-refractivity contribution in [3.05, 3.63) is 51.5 Å². The minimum Gasteiger partial charge on any atom is -0.327 e. The van der Waals surface area contributed by atoms with E-state index in [4.69, 9.17) is 22.3 Å². The van der Waals surface area contributed by atoms with E-state index in [0.29, 0.717) is 11.6 Å². The van der Waals surface area contributed by atoms with Gasteiger partial charge in [0.25, 0.3) is 0 Å². The lowest BCUT2D eigenvalue weighted by molar-refractivity contribution is 0.959. The SMILES string of the molecule is Cn1c(-c2cccc(Br)c2Cl)nc2cc(CN)ccc21. The molecule has 2 aromatic carbocycles. The number of hydrogen-bond acceptors (Lipinski definition) is 2. The van der Waals surface area contributed by atoms with Crippen molar-refractivity contribution in [2.45, 2.75) is 6.54 Å². The van der Waals surface area contributed by atoms with E-state index < -0.39 is 0 Å². The summed E-state index contributed by atoms with van der Waals surface area (Å²) in [5.74, 6) is 0.848. The summed E-state index contributed by atoms with van der Waals surface area (Å²) < 4.78 is 2.91. The standard InChI is InChI=1S/C15H13BrClN3/c1-20-13-6-5-9(8-18)7-12(13)19-15(20)10-3-2-4-11(16)14(10)17/h2-7H,8,18H2,1H3. The summed E-state index contributed by atoms with van der Waals surface area (Å²) in [6, 6.07) is 11.9. The van der Waals surface area contributed by atoms with Gasteiger partial charge in [0.05, 0.1) is 16.1 Å². The number of benzene rings is 2. The van der Waals surface area contributed by atoms with Crippen LogP contribution in [-0.4, -0.2) is 9.55 Å². The monoisotopic (exact) mass is 349 g/mol. The zero-order valence-corrected chi connectivity index (χ0v) is 13.2. The van der Waals surface area contributed by atoms with Gasteiger partial charge in [-0.3, -0.25) is 0 Å². The van der Waals surface area contributed by atoms with Crippen LogP contribution in [0.4, 0.5) is 0 Å². The highest BCUT2D eigenvalue weighted by molar-refractivity contribution is 9.10. The summed E-state index contributed by atoms with van der Waals surface area (Å²) >= 11 is 9.81. The van der Waals surface area contributed by atoms with Crippen LogP contribution < -0.4 is 5.73 Å². The zero-order chi connectivity index (χ0) is 14.3. The molecule has 2 N–H and O–H groups in total. The summed E-state index contributed by atoms with van der Waals surface area (Å²) in [6.07, 6.45) is 0. The predicted molar refractivity (Wildman–Crippen MR) is 86.8 cm³/mol. The Morgan fingerprint density at radius 3 is 2.85 bits per heavy atom. The lowest BCUT2D eigenvalue weighted by atomic mass is 10.2. The topological polar surface area (TPSA) is 43.8 Å². The quantitative estimate of drug-likeness (QED) is 0.755. The van der Waals surface area contributed by atoms with Crippen molar-refractivity contribution in [1.82, 2.24) is 9.55 Å². The van der Waals surface area contributed by atoms with Crippen molar-refractivity contribution in [3.63, 3.8) is 0 Å². The van der Waals surface area contributed by atoms with Crippen LogP contribution in [0.15, 0.2) is 40.9 Å². The Kier molecular flexibility index (Phi) is 3.54. The third-order valence-electron chi connectivity index (χ3n) is 3.37. The first-order chi connectivity index (χ1) is 9.61. The predicted octanol–water partition coefficient (Wildman–Crippen LogP) is 4.11. The van der Waals surface area contributed by atoms with Crippen molar-refractivity contribution < 1.29 is 0 Å². The molecule has 0 radical (unpaired) electrons. The lowest BCUT2D eigenvalue weighted by Crippen LogP contribution is -1.96. The van der Waals surface area contributed by atoms with Gasteiger partial charge >= 0.3 is 0 Å². The molecule has 102 valence electrons. The van der Waals surface area contributed by atoms with Crippen LogP contribution in [0.25, 0.3) is 22.4 Å². The zero-order valence-electron chi connectivity index (χ0n) is 10.9. The Labute approximate surface area is 130 Å². The van der Waals surface area contributed by atoms with E-state index in [1.165, 1.54) is 0 Å². The Morgan fingerprint density at radius 2 is 2.10 bits per heavy atom. The molecule has 0 amide bonds. The second kappa shape index (κ2) is 5.20. The molecule has 0 unspecified atom stereocenters. The van der Waals surface area contributed by atoms with Crippen LogP contribution in [0.3, 0.4) is 0 Å². The minimum absolute atomic E-state index is 0.513. The number of hydrogen-bond donors (Lipinski definition) is 1. The Hall–Kier alpha value is -1.36. The first-order valence-electron chi connectivity index (χ1n) is 6.21. The summed E-state index contributed by atoms with van der Waals surface area (Å²) in [5, 5.41) is 0.671. The maximum Gasteiger partial charge on any atom is 0.142 e. The molecule has 1 aromatic heterocycles. The molecule has 20 heavy (non-hydrogen) atoms. The normalized spacial score (nSPS) is 11.2. The summed E-state index contributed by atoms with van der Waals surface area (Å²) in [4.78, 5) is 4.70. The van der Waals surface area contributed by atoms with Gasteiger partial charge in [0, 0.05) is 23.6 Å². The maximum absolute atomic E-state index is 6.37. The molecule has 0 fully saturated rings. The van der Waals surface area contributed by atoms with Crippen molar-refractivity contribution >= 4 is 38.6 Å². The average molecular weight is 351 g/mol. The smallest absolute Gasteiger partial charge is 0.142 e. The van der Waals surface area contributed by atoms with Gasteiger partial charge in [0.2, 0.25) is 0 Å². The van der Waals surface area contributed by atoms with Gasteiger partial charge < -0.3 is 10.3 Å². The van der Waals surface area contributed by atoms with Gasteiger partial charge in [0.15, 0.2) is 0 Å². The highest BCUT2D eigenvalue weighted by atomic mass is 79.9. The van der Waals surface area contributed by atoms with Gasteiger partial charge in [0.1, 0.15) is 5.82 Å².